The number of ketones is 1. The molecule has 0 aliphatic rings. The summed E-state index contributed by atoms with van der Waals surface area (Å²) < 4.78 is 18.0. The van der Waals surface area contributed by atoms with Gasteiger partial charge in [0.05, 0.1) is 12.2 Å². The molecule has 0 amide bonds. The Kier molecular flexibility index (Phi) is 5.89. The monoisotopic (exact) mass is 284 g/mol. The predicted octanol–water partition coefficient (Wildman–Crippen LogP) is 1.88. The molecule has 0 aromatic carbocycles. The van der Waals surface area contributed by atoms with Crippen LogP contribution >= 0.6 is 0 Å². The maximum atomic E-state index is 13.3. The number of hydrogen-bond donors (Lipinski definition) is 2. The molecule has 0 saturated carbocycles. The van der Waals surface area contributed by atoms with Gasteiger partial charge in [0.25, 0.3) is 0 Å². The molecule has 1 aromatic heterocycles. The maximum Gasteiger partial charge on any atom is 0.313 e. The third-order valence-corrected chi connectivity index (χ3v) is 2.41. The lowest BCUT2D eigenvalue weighted by molar-refractivity contribution is -0.141. The highest BCUT2D eigenvalue weighted by molar-refractivity contribution is 6.08. The second-order valence-corrected chi connectivity index (χ2v) is 4.02. The number of anilines is 1. The Balaban J connectivity index is 2.98. The molecule has 1 aromatic rings. The summed E-state index contributed by atoms with van der Waals surface area (Å²) in [4.78, 5) is 26.8. The highest BCUT2D eigenvalue weighted by atomic mass is 19.1. The van der Waals surface area contributed by atoms with E-state index in [2.05, 4.69) is 15.0 Å². The third kappa shape index (κ3) is 4.18. The number of halogens is 1. The van der Waals surface area contributed by atoms with Gasteiger partial charge >= 0.3 is 5.97 Å². The van der Waals surface area contributed by atoms with E-state index < -0.39 is 29.9 Å². The first-order valence-corrected chi connectivity index (χ1v) is 6.31. The number of nitrogens with zero attached hydrogens (tertiary/aromatic N) is 1. The molecule has 6 nitrogen and oxygen atoms in total. The fraction of sp³-hybridized carbons (Fsp3) is 0.462. The van der Waals surface area contributed by atoms with Gasteiger partial charge in [0, 0.05) is 6.54 Å². The smallest absolute Gasteiger partial charge is 0.313 e. The van der Waals surface area contributed by atoms with Crippen LogP contribution in [0.15, 0.2) is 6.07 Å². The lowest BCUT2D eigenvalue weighted by atomic mass is 10.1. The SMILES string of the molecule is CCCNc1nc(O)c(F)cc1C(=O)CC(=O)OCC. The number of carbonyl (C=O) groups is 2. The van der Waals surface area contributed by atoms with Crippen molar-refractivity contribution in [2.45, 2.75) is 26.7 Å². The summed E-state index contributed by atoms with van der Waals surface area (Å²) in [5.41, 5.74) is -0.0817. The molecular formula is C13H17FN2O4. The van der Waals surface area contributed by atoms with Gasteiger partial charge in [-0.25, -0.2) is 4.39 Å². The fourth-order valence-corrected chi connectivity index (χ4v) is 1.51. The van der Waals surface area contributed by atoms with Crippen LogP contribution in [-0.2, 0) is 9.53 Å². The van der Waals surface area contributed by atoms with Crippen LogP contribution in [0.5, 0.6) is 5.88 Å². The number of rotatable bonds is 7. The van der Waals surface area contributed by atoms with Gasteiger partial charge in [-0.2, -0.15) is 4.98 Å². The molecule has 0 unspecified atom stereocenters. The number of esters is 1. The highest BCUT2D eigenvalue weighted by Crippen LogP contribution is 2.22. The van der Waals surface area contributed by atoms with Gasteiger partial charge in [-0.3, -0.25) is 9.59 Å². The van der Waals surface area contributed by atoms with Crippen LogP contribution in [0.2, 0.25) is 0 Å². The first-order valence-electron chi connectivity index (χ1n) is 6.31. The van der Waals surface area contributed by atoms with Crippen LogP contribution in [0.1, 0.15) is 37.0 Å². The lowest BCUT2D eigenvalue weighted by Crippen LogP contribution is -2.15. The summed E-state index contributed by atoms with van der Waals surface area (Å²) in [6.07, 6.45) is 0.256. The Morgan fingerprint density at radius 2 is 2.15 bits per heavy atom. The van der Waals surface area contributed by atoms with E-state index in [1.165, 1.54) is 0 Å². The zero-order valence-electron chi connectivity index (χ0n) is 11.4. The number of Topliss-reactive ketones (excluding diaryl/α,β-unsaturated/α-hetero) is 1. The summed E-state index contributed by atoms with van der Waals surface area (Å²) in [6, 6.07) is 0.863. The average Bonchev–Trinajstić information content (AvgIpc) is 2.39. The zero-order valence-corrected chi connectivity index (χ0v) is 11.4. The largest absolute Gasteiger partial charge is 0.491 e. The van der Waals surface area contributed by atoms with Crippen molar-refractivity contribution in [1.82, 2.24) is 4.98 Å². The van der Waals surface area contributed by atoms with E-state index in [0.717, 1.165) is 12.5 Å². The van der Waals surface area contributed by atoms with Gasteiger partial charge in [0.2, 0.25) is 5.88 Å². The van der Waals surface area contributed by atoms with Crippen LogP contribution in [0.25, 0.3) is 0 Å². The third-order valence-electron chi connectivity index (χ3n) is 2.41. The van der Waals surface area contributed by atoms with Gasteiger partial charge in [-0.15, -0.1) is 0 Å². The standard InChI is InChI=1S/C13H17FN2O4/c1-3-5-15-12-8(6-9(14)13(19)16-12)10(17)7-11(18)20-4-2/h6H,3-5,7H2,1-2H3,(H2,15,16,19). The molecule has 0 radical (unpaired) electrons. The summed E-state index contributed by atoms with van der Waals surface area (Å²) in [6.45, 7) is 4.18. The van der Waals surface area contributed by atoms with Crippen molar-refractivity contribution < 1.29 is 23.8 Å². The minimum Gasteiger partial charge on any atom is -0.491 e. The summed E-state index contributed by atoms with van der Waals surface area (Å²) >= 11 is 0. The summed E-state index contributed by atoms with van der Waals surface area (Å²) in [5.74, 6) is -3.06. The number of ether oxygens (including phenoxy) is 1. The molecule has 1 heterocycles. The minimum absolute atomic E-state index is 0.0556. The molecule has 7 heteroatoms. The van der Waals surface area contributed by atoms with Gasteiger partial charge in [-0.1, -0.05) is 6.92 Å². The Morgan fingerprint density at radius 3 is 2.75 bits per heavy atom. The van der Waals surface area contributed by atoms with E-state index >= 15 is 0 Å². The fourth-order valence-electron chi connectivity index (χ4n) is 1.51. The van der Waals surface area contributed by atoms with E-state index in [1.54, 1.807) is 6.92 Å². The molecule has 1 rings (SSSR count). The van der Waals surface area contributed by atoms with Crippen LogP contribution < -0.4 is 5.32 Å². The van der Waals surface area contributed by atoms with Gasteiger partial charge in [-0.05, 0) is 19.4 Å². The highest BCUT2D eigenvalue weighted by Gasteiger charge is 2.20. The second-order valence-electron chi connectivity index (χ2n) is 4.02. The van der Waals surface area contributed by atoms with Crippen molar-refractivity contribution in [3.05, 3.63) is 17.4 Å². The predicted molar refractivity (Wildman–Crippen MR) is 70.2 cm³/mol. The molecule has 0 atom stereocenters. The molecule has 0 bridgehead atoms. The minimum atomic E-state index is -1.01. The Morgan fingerprint density at radius 1 is 1.45 bits per heavy atom. The van der Waals surface area contributed by atoms with E-state index in [-0.39, 0.29) is 18.0 Å². The molecule has 0 saturated heterocycles. The van der Waals surface area contributed by atoms with Crippen molar-refractivity contribution >= 4 is 17.6 Å². The average molecular weight is 284 g/mol. The first kappa shape index (κ1) is 15.9. The molecule has 0 aliphatic heterocycles. The Bertz CT molecular complexity index is 505. The molecule has 0 spiro atoms. The van der Waals surface area contributed by atoms with Crippen LogP contribution in [-0.4, -0.2) is 35.0 Å². The Hall–Kier alpha value is -2.18. The Labute approximate surface area is 116 Å². The molecule has 20 heavy (non-hydrogen) atoms. The lowest BCUT2D eigenvalue weighted by Gasteiger charge is -2.10. The number of carbonyl (C=O) groups excluding carboxylic acids is 2. The van der Waals surface area contributed by atoms with E-state index in [0.29, 0.717) is 6.54 Å². The van der Waals surface area contributed by atoms with Gasteiger partial charge in [0.1, 0.15) is 12.2 Å². The van der Waals surface area contributed by atoms with Gasteiger partial charge < -0.3 is 15.2 Å². The van der Waals surface area contributed by atoms with E-state index in [9.17, 15) is 19.1 Å². The zero-order chi connectivity index (χ0) is 15.1. The van der Waals surface area contributed by atoms with E-state index in [4.69, 9.17) is 0 Å². The first-order chi connectivity index (χ1) is 9.49. The quantitative estimate of drug-likeness (QED) is 0.451. The van der Waals surface area contributed by atoms with Crippen LogP contribution in [0.3, 0.4) is 0 Å². The summed E-state index contributed by atoms with van der Waals surface area (Å²) in [5, 5.41) is 12.0. The normalized spacial score (nSPS) is 10.2. The van der Waals surface area contributed by atoms with Crippen LogP contribution in [0.4, 0.5) is 10.2 Å². The van der Waals surface area contributed by atoms with Crippen LogP contribution in [0, 0.1) is 5.82 Å². The maximum absolute atomic E-state index is 13.3. The van der Waals surface area contributed by atoms with Gasteiger partial charge in [0.15, 0.2) is 11.6 Å². The number of nitrogens with one attached hydrogen (secondary N) is 1. The van der Waals surface area contributed by atoms with Crippen molar-refractivity contribution in [3.8, 4) is 5.88 Å². The van der Waals surface area contributed by atoms with Crippen molar-refractivity contribution in [2.24, 2.45) is 0 Å². The van der Waals surface area contributed by atoms with E-state index in [1.807, 2.05) is 6.92 Å². The topological polar surface area (TPSA) is 88.5 Å². The molecule has 110 valence electrons. The number of pyridine rings is 1. The number of aromatic nitrogens is 1. The van der Waals surface area contributed by atoms with Crippen molar-refractivity contribution in [3.63, 3.8) is 0 Å². The molecule has 2 N–H and O–H groups in total. The number of aromatic hydroxyl groups is 1. The second kappa shape index (κ2) is 7.42. The summed E-state index contributed by atoms with van der Waals surface area (Å²) in [7, 11) is 0. The molecule has 0 aliphatic carbocycles. The van der Waals surface area contributed by atoms with Crippen molar-refractivity contribution in [2.75, 3.05) is 18.5 Å². The molecular weight excluding hydrogens is 267 g/mol. The van der Waals surface area contributed by atoms with Crippen molar-refractivity contribution in [1.29, 1.82) is 0 Å². The molecule has 0 fully saturated rings. The number of hydrogen-bond acceptors (Lipinski definition) is 6.